The Morgan fingerprint density at radius 1 is 0.625 bits per heavy atom. The molecule has 5 heterocycles. The van der Waals surface area contributed by atoms with Crippen molar-refractivity contribution in [2.45, 2.75) is 0 Å². The molecule has 0 aliphatic carbocycles. The number of nitrogens with zero attached hydrogens (tertiary/aromatic N) is 2. The normalized spacial score (nSPS) is 12.7. The van der Waals surface area contributed by atoms with Crippen LogP contribution >= 0.6 is 0 Å². The monoisotopic (exact) mass is 418 g/mol. The van der Waals surface area contributed by atoms with E-state index in [1.54, 1.807) is 12.1 Å². The molecule has 0 radical (unpaired) electrons. The highest BCUT2D eigenvalue weighted by Gasteiger charge is 2.18. The minimum Gasteiger partial charge on any atom is -0.504 e. The van der Waals surface area contributed by atoms with Crippen LogP contribution in [0.1, 0.15) is 28.3 Å². The van der Waals surface area contributed by atoms with Crippen molar-refractivity contribution < 1.29 is 10.2 Å². The summed E-state index contributed by atoms with van der Waals surface area (Å²) in [5.74, 6) is -0.341. The van der Waals surface area contributed by atoms with Gasteiger partial charge >= 0.3 is 0 Å². The number of nitrogens with one attached hydrogen (secondary N) is 2. The largest absolute Gasteiger partial charge is 0.504 e. The fourth-order valence-corrected chi connectivity index (χ4v) is 3.98. The fraction of sp³-hybridized carbons (Fsp3) is 0. The van der Waals surface area contributed by atoms with Crippen LogP contribution in [0.5, 0.6) is 11.5 Å². The smallest absolute Gasteiger partial charge is 0.165 e. The van der Waals surface area contributed by atoms with Gasteiger partial charge in [0, 0.05) is 33.2 Å². The molecule has 6 rings (SSSR count). The number of H-pyrrole nitrogens is 2. The second kappa shape index (κ2) is 6.99. The SMILES string of the molecule is Oc1cccc(C2=Cc3cc4ccc(cc5ccc(cc6nc(cc2n3)C=C6)[nH]5)[nH]4)c1O. The molecule has 2 aliphatic rings. The summed E-state index contributed by atoms with van der Waals surface area (Å²) in [6, 6.07) is 20.8. The molecule has 1 aromatic carbocycles. The molecule has 0 unspecified atom stereocenters. The van der Waals surface area contributed by atoms with Gasteiger partial charge in [0.25, 0.3) is 0 Å². The lowest BCUT2D eigenvalue weighted by atomic mass is 10.0. The first-order chi connectivity index (χ1) is 15.6. The molecule has 2 aliphatic heterocycles. The Balaban J connectivity index is 1.65. The zero-order valence-corrected chi connectivity index (χ0v) is 16.9. The molecule has 0 spiro atoms. The standard InChI is InChI=1S/C26H18N4O2/c31-25-3-1-2-22(26(25)32)23-13-21-12-19-7-6-17(28-19)10-15-4-5-16(27-15)11-18-8-9-20(29-18)14-24(23)30-21/h1-14,27-28,31-32H. The van der Waals surface area contributed by atoms with Crippen LogP contribution in [0.2, 0.25) is 0 Å². The first-order valence-corrected chi connectivity index (χ1v) is 10.2. The van der Waals surface area contributed by atoms with Gasteiger partial charge in [0.05, 0.1) is 22.8 Å². The molecule has 8 bridgehead atoms. The van der Waals surface area contributed by atoms with Crippen molar-refractivity contribution in [2.75, 3.05) is 0 Å². The van der Waals surface area contributed by atoms with Crippen LogP contribution in [0.3, 0.4) is 0 Å². The number of aromatic nitrogens is 4. The minimum absolute atomic E-state index is 0.170. The highest BCUT2D eigenvalue weighted by Crippen LogP contribution is 2.38. The second-order valence-electron chi connectivity index (χ2n) is 7.76. The van der Waals surface area contributed by atoms with Crippen molar-refractivity contribution in [3.05, 3.63) is 95.1 Å². The van der Waals surface area contributed by atoms with Gasteiger partial charge in [-0.05, 0) is 72.8 Å². The third-order valence-electron chi connectivity index (χ3n) is 5.47. The maximum Gasteiger partial charge on any atom is 0.165 e. The molecule has 0 amide bonds. The van der Waals surface area contributed by atoms with Crippen molar-refractivity contribution in [1.29, 1.82) is 0 Å². The lowest BCUT2D eigenvalue weighted by Crippen LogP contribution is -1.87. The predicted molar refractivity (Wildman–Crippen MR) is 127 cm³/mol. The third kappa shape index (κ3) is 3.24. The zero-order chi connectivity index (χ0) is 21.7. The minimum atomic E-state index is -0.171. The summed E-state index contributed by atoms with van der Waals surface area (Å²) in [5, 5.41) is 20.5. The first-order valence-electron chi connectivity index (χ1n) is 10.2. The Labute approximate surface area is 182 Å². The van der Waals surface area contributed by atoms with Crippen molar-refractivity contribution in [2.24, 2.45) is 0 Å². The summed E-state index contributed by atoms with van der Waals surface area (Å²) in [7, 11) is 0. The van der Waals surface area contributed by atoms with Crippen LogP contribution < -0.4 is 0 Å². The van der Waals surface area contributed by atoms with E-state index >= 15 is 0 Å². The Hall–Kier alpha value is -4.58. The van der Waals surface area contributed by atoms with Crippen LogP contribution in [0.25, 0.3) is 45.9 Å². The van der Waals surface area contributed by atoms with E-state index in [1.165, 1.54) is 6.07 Å². The van der Waals surface area contributed by atoms with Gasteiger partial charge in [-0.3, -0.25) is 0 Å². The quantitative estimate of drug-likeness (QED) is 0.266. The van der Waals surface area contributed by atoms with Crippen LogP contribution in [0.15, 0.2) is 66.7 Å². The Bertz CT molecular complexity index is 1610. The fourth-order valence-electron chi connectivity index (χ4n) is 3.98. The average Bonchev–Trinajstić information content (AvgIpc) is 3.55. The van der Waals surface area contributed by atoms with E-state index in [-0.39, 0.29) is 11.5 Å². The number of aromatic hydroxyl groups is 2. The average molecular weight is 418 g/mol. The first kappa shape index (κ1) is 18.2. The lowest BCUT2D eigenvalue weighted by molar-refractivity contribution is 0.403. The topological polar surface area (TPSA) is 97.8 Å². The number of para-hydroxylation sites is 1. The molecule has 32 heavy (non-hydrogen) atoms. The molecule has 6 nitrogen and oxygen atoms in total. The van der Waals surface area contributed by atoms with E-state index in [1.807, 2.05) is 66.8 Å². The zero-order valence-electron chi connectivity index (χ0n) is 16.9. The summed E-state index contributed by atoms with van der Waals surface area (Å²) < 4.78 is 0. The number of aromatic amines is 2. The van der Waals surface area contributed by atoms with Gasteiger partial charge in [-0.15, -0.1) is 0 Å². The molecule has 0 fully saturated rings. The van der Waals surface area contributed by atoms with E-state index in [2.05, 4.69) is 15.0 Å². The number of phenolic OH excluding ortho intramolecular Hbond substituents is 2. The maximum atomic E-state index is 10.5. The molecule has 0 saturated heterocycles. The summed E-state index contributed by atoms with van der Waals surface area (Å²) >= 11 is 0. The lowest BCUT2D eigenvalue weighted by Gasteiger charge is -2.06. The second-order valence-corrected chi connectivity index (χ2v) is 7.76. The van der Waals surface area contributed by atoms with Gasteiger partial charge in [-0.2, -0.15) is 0 Å². The van der Waals surface area contributed by atoms with E-state index < -0.39 is 0 Å². The molecule has 6 heteroatoms. The maximum absolute atomic E-state index is 10.5. The highest BCUT2D eigenvalue weighted by molar-refractivity contribution is 5.95. The summed E-state index contributed by atoms with van der Waals surface area (Å²) in [6.45, 7) is 0. The summed E-state index contributed by atoms with van der Waals surface area (Å²) in [4.78, 5) is 16.2. The van der Waals surface area contributed by atoms with Crippen molar-refractivity contribution in [3.63, 3.8) is 0 Å². The van der Waals surface area contributed by atoms with E-state index in [0.29, 0.717) is 11.3 Å². The van der Waals surface area contributed by atoms with Crippen molar-refractivity contribution in [3.8, 4) is 11.5 Å². The third-order valence-corrected chi connectivity index (χ3v) is 5.47. The van der Waals surface area contributed by atoms with Gasteiger partial charge in [0.1, 0.15) is 0 Å². The summed E-state index contributed by atoms with van der Waals surface area (Å²) in [5.41, 5.74) is 8.04. The number of hydrogen-bond acceptors (Lipinski definition) is 4. The Kier molecular flexibility index (Phi) is 3.98. The van der Waals surface area contributed by atoms with Gasteiger partial charge in [-0.25, -0.2) is 9.97 Å². The predicted octanol–water partition coefficient (Wildman–Crippen LogP) is 5.49. The molecular weight excluding hydrogens is 400 g/mol. The molecule has 4 N–H and O–H groups in total. The number of phenols is 2. The Morgan fingerprint density at radius 3 is 1.97 bits per heavy atom. The highest BCUT2D eigenvalue weighted by atomic mass is 16.3. The summed E-state index contributed by atoms with van der Waals surface area (Å²) in [6.07, 6.45) is 5.78. The van der Waals surface area contributed by atoms with Crippen LogP contribution in [0.4, 0.5) is 0 Å². The van der Waals surface area contributed by atoms with Crippen molar-refractivity contribution >= 4 is 45.9 Å². The molecule has 4 aromatic rings. The molecule has 3 aromatic heterocycles. The molecular formula is C26H18N4O2. The van der Waals surface area contributed by atoms with Gasteiger partial charge in [0.2, 0.25) is 0 Å². The number of rotatable bonds is 1. The van der Waals surface area contributed by atoms with Crippen LogP contribution in [-0.4, -0.2) is 30.1 Å². The molecule has 0 saturated carbocycles. The van der Waals surface area contributed by atoms with Crippen molar-refractivity contribution in [1.82, 2.24) is 19.9 Å². The van der Waals surface area contributed by atoms with Gasteiger partial charge in [-0.1, -0.05) is 12.1 Å². The molecule has 0 atom stereocenters. The molecule has 154 valence electrons. The number of fused-ring (bicyclic) bond motifs is 8. The van der Waals surface area contributed by atoms with Gasteiger partial charge < -0.3 is 20.2 Å². The van der Waals surface area contributed by atoms with E-state index in [0.717, 1.165) is 44.7 Å². The van der Waals surface area contributed by atoms with Gasteiger partial charge in [0.15, 0.2) is 11.5 Å². The van der Waals surface area contributed by atoms with E-state index in [9.17, 15) is 10.2 Å². The van der Waals surface area contributed by atoms with Crippen LogP contribution in [0, 0.1) is 0 Å². The number of hydrogen-bond donors (Lipinski definition) is 4. The number of benzene rings is 1. The van der Waals surface area contributed by atoms with Crippen LogP contribution in [-0.2, 0) is 0 Å². The Morgan fingerprint density at radius 2 is 1.25 bits per heavy atom. The van der Waals surface area contributed by atoms with E-state index in [4.69, 9.17) is 4.98 Å².